The number of imidazole rings is 1. The van der Waals surface area contributed by atoms with Crippen LogP contribution in [0, 0.1) is 0 Å². The van der Waals surface area contributed by atoms with E-state index in [0.29, 0.717) is 11.7 Å². The molecule has 0 saturated carbocycles. The van der Waals surface area contributed by atoms with Gasteiger partial charge in [0.15, 0.2) is 5.16 Å². The Labute approximate surface area is 103 Å². The highest BCUT2D eigenvalue weighted by atomic mass is 32.2. The highest BCUT2D eigenvalue weighted by Crippen LogP contribution is 2.17. The third-order valence-electron chi connectivity index (χ3n) is 2.40. The van der Waals surface area contributed by atoms with E-state index in [4.69, 9.17) is 5.11 Å². The van der Waals surface area contributed by atoms with Crippen molar-refractivity contribution in [3.8, 4) is 0 Å². The van der Waals surface area contributed by atoms with Gasteiger partial charge in [0, 0.05) is 0 Å². The smallest absolute Gasteiger partial charge is 0.354 e. The number of thioether (sulfide) groups is 1. The van der Waals surface area contributed by atoms with Gasteiger partial charge >= 0.3 is 5.97 Å². The number of nitrogens with zero attached hydrogens (tertiary/aromatic N) is 2. The molecule has 0 unspecified atom stereocenters. The number of carbonyl (C=O) groups is 1. The van der Waals surface area contributed by atoms with E-state index in [-0.39, 0.29) is 5.69 Å². The molecule has 2 aromatic rings. The van der Waals surface area contributed by atoms with E-state index in [0.717, 1.165) is 5.56 Å². The molecule has 0 bridgehead atoms. The maximum Gasteiger partial charge on any atom is 0.354 e. The molecular weight excluding hydrogens is 236 g/mol. The number of carboxylic acid groups (broad SMARTS) is 1. The number of aromatic carboxylic acids is 1. The Bertz CT molecular complexity index is 523. The topological polar surface area (TPSA) is 55.1 Å². The van der Waals surface area contributed by atoms with Gasteiger partial charge < -0.3 is 9.67 Å². The molecule has 2 rings (SSSR count). The van der Waals surface area contributed by atoms with Crippen LogP contribution in [0.1, 0.15) is 16.1 Å². The standard InChI is InChI=1S/C12H12N2O2S/c1-17-12-13-7-10(11(15)16)14(12)8-9-5-3-2-4-6-9/h2-7H,8H2,1H3,(H,15,16). The Balaban J connectivity index is 2.37. The number of benzene rings is 1. The summed E-state index contributed by atoms with van der Waals surface area (Å²) in [6.07, 6.45) is 3.28. The lowest BCUT2D eigenvalue weighted by Crippen LogP contribution is -2.10. The van der Waals surface area contributed by atoms with Crippen LogP contribution in [0.4, 0.5) is 0 Å². The van der Waals surface area contributed by atoms with E-state index in [1.54, 1.807) is 4.57 Å². The van der Waals surface area contributed by atoms with Gasteiger partial charge in [0.25, 0.3) is 0 Å². The van der Waals surface area contributed by atoms with E-state index >= 15 is 0 Å². The van der Waals surface area contributed by atoms with E-state index in [9.17, 15) is 4.79 Å². The number of rotatable bonds is 4. The predicted molar refractivity (Wildman–Crippen MR) is 66.5 cm³/mol. The van der Waals surface area contributed by atoms with Gasteiger partial charge in [0.1, 0.15) is 5.69 Å². The van der Waals surface area contributed by atoms with Crippen molar-refractivity contribution < 1.29 is 9.90 Å². The zero-order valence-corrected chi connectivity index (χ0v) is 10.1. The second kappa shape index (κ2) is 5.05. The molecule has 1 N–H and O–H groups in total. The van der Waals surface area contributed by atoms with Crippen LogP contribution in [0.3, 0.4) is 0 Å². The number of carboxylic acids is 1. The van der Waals surface area contributed by atoms with Gasteiger partial charge in [-0.25, -0.2) is 9.78 Å². The van der Waals surface area contributed by atoms with E-state index in [1.807, 2.05) is 36.6 Å². The van der Waals surface area contributed by atoms with Crippen LogP contribution in [0.5, 0.6) is 0 Å². The van der Waals surface area contributed by atoms with Crippen molar-refractivity contribution in [3.05, 3.63) is 47.8 Å². The summed E-state index contributed by atoms with van der Waals surface area (Å²) in [6.45, 7) is 0.526. The zero-order chi connectivity index (χ0) is 12.3. The van der Waals surface area contributed by atoms with E-state index < -0.39 is 5.97 Å². The molecule has 0 radical (unpaired) electrons. The Hall–Kier alpha value is -1.75. The normalized spacial score (nSPS) is 10.4. The summed E-state index contributed by atoms with van der Waals surface area (Å²) in [5.41, 5.74) is 1.28. The van der Waals surface area contributed by atoms with Crippen LogP contribution < -0.4 is 0 Å². The van der Waals surface area contributed by atoms with Crippen molar-refractivity contribution in [1.82, 2.24) is 9.55 Å². The molecule has 0 aliphatic heterocycles. The predicted octanol–water partition coefficient (Wildman–Crippen LogP) is 2.35. The van der Waals surface area contributed by atoms with Gasteiger partial charge in [-0.1, -0.05) is 42.1 Å². The minimum atomic E-state index is -0.950. The van der Waals surface area contributed by atoms with Gasteiger partial charge in [-0.2, -0.15) is 0 Å². The van der Waals surface area contributed by atoms with Crippen LogP contribution in [0.25, 0.3) is 0 Å². The van der Waals surface area contributed by atoms with Gasteiger partial charge in [-0.3, -0.25) is 0 Å². The molecule has 0 fully saturated rings. The molecule has 0 atom stereocenters. The first-order valence-corrected chi connectivity index (χ1v) is 6.31. The summed E-state index contributed by atoms with van der Waals surface area (Å²) in [6, 6.07) is 9.74. The fourth-order valence-corrected chi connectivity index (χ4v) is 2.15. The number of hydrogen-bond donors (Lipinski definition) is 1. The molecule has 5 heteroatoms. The first-order chi connectivity index (χ1) is 8.22. The molecule has 1 heterocycles. The van der Waals surface area contributed by atoms with Crippen LogP contribution in [0.2, 0.25) is 0 Å². The molecule has 0 aliphatic rings. The average molecular weight is 248 g/mol. The van der Waals surface area contributed by atoms with Crippen LogP contribution in [0.15, 0.2) is 41.7 Å². The first kappa shape index (κ1) is 11.7. The molecular formula is C12H12N2O2S. The Morgan fingerprint density at radius 2 is 2.12 bits per heavy atom. The highest BCUT2D eigenvalue weighted by Gasteiger charge is 2.14. The second-order valence-electron chi connectivity index (χ2n) is 3.51. The zero-order valence-electron chi connectivity index (χ0n) is 9.33. The van der Waals surface area contributed by atoms with Gasteiger partial charge in [0.2, 0.25) is 0 Å². The largest absolute Gasteiger partial charge is 0.477 e. The molecule has 4 nitrogen and oxygen atoms in total. The number of hydrogen-bond acceptors (Lipinski definition) is 3. The fraction of sp³-hybridized carbons (Fsp3) is 0.167. The van der Waals surface area contributed by atoms with Crippen LogP contribution >= 0.6 is 11.8 Å². The monoisotopic (exact) mass is 248 g/mol. The van der Waals surface area contributed by atoms with Crippen molar-refractivity contribution in [1.29, 1.82) is 0 Å². The molecule has 0 spiro atoms. The lowest BCUT2D eigenvalue weighted by molar-refractivity contribution is 0.0684. The molecule has 88 valence electrons. The molecule has 17 heavy (non-hydrogen) atoms. The summed E-state index contributed by atoms with van der Waals surface area (Å²) >= 11 is 1.44. The Kier molecular flexibility index (Phi) is 3.49. The van der Waals surface area contributed by atoms with Crippen molar-refractivity contribution in [2.75, 3.05) is 6.26 Å². The third kappa shape index (κ3) is 2.50. The number of aromatic nitrogens is 2. The van der Waals surface area contributed by atoms with E-state index in [1.165, 1.54) is 18.0 Å². The second-order valence-corrected chi connectivity index (χ2v) is 4.28. The summed E-state index contributed by atoms with van der Waals surface area (Å²) in [5.74, 6) is -0.950. The van der Waals surface area contributed by atoms with Gasteiger partial charge in [-0.05, 0) is 11.8 Å². The van der Waals surface area contributed by atoms with Crippen LogP contribution in [-0.2, 0) is 6.54 Å². The lowest BCUT2D eigenvalue weighted by atomic mass is 10.2. The summed E-state index contributed by atoms with van der Waals surface area (Å²) in [4.78, 5) is 15.2. The highest BCUT2D eigenvalue weighted by molar-refractivity contribution is 7.98. The molecule has 0 amide bonds. The first-order valence-electron chi connectivity index (χ1n) is 5.09. The summed E-state index contributed by atoms with van der Waals surface area (Å²) in [7, 11) is 0. The quantitative estimate of drug-likeness (QED) is 0.844. The minimum absolute atomic E-state index is 0.221. The van der Waals surface area contributed by atoms with Crippen LogP contribution in [-0.4, -0.2) is 26.9 Å². The minimum Gasteiger partial charge on any atom is -0.477 e. The lowest BCUT2D eigenvalue weighted by Gasteiger charge is -2.08. The fourth-order valence-electron chi connectivity index (χ4n) is 1.61. The van der Waals surface area contributed by atoms with Crippen molar-refractivity contribution >= 4 is 17.7 Å². The maximum absolute atomic E-state index is 11.1. The molecule has 0 aliphatic carbocycles. The third-order valence-corrected chi connectivity index (χ3v) is 3.10. The van der Waals surface area contributed by atoms with E-state index in [2.05, 4.69) is 4.98 Å². The molecule has 1 aromatic heterocycles. The van der Waals surface area contributed by atoms with Crippen molar-refractivity contribution in [3.63, 3.8) is 0 Å². The Morgan fingerprint density at radius 3 is 2.71 bits per heavy atom. The van der Waals surface area contributed by atoms with Gasteiger partial charge in [-0.15, -0.1) is 0 Å². The van der Waals surface area contributed by atoms with Crippen molar-refractivity contribution in [2.45, 2.75) is 11.7 Å². The Morgan fingerprint density at radius 1 is 1.41 bits per heavy atom. The average Bonchev–Trinajstić information content (AvgIpc) is 2.73. The maximum atomic E-state index is 11.1. The van der Waals surface area contributed by atoms with Gasteiger partial charge in [0.05, 0.1) is 12.7 Å². The summed E-state index contributed by atoms with van der Waals surface area (Å²) in [5, 5.41) is 9.80. The van der Waals surface area contributed by atoms with Crippen molar-refractivity contribution in [2.24, 2.45) is 0 Å². The molecule has 0 saturated heterocycles. The summed E-state index contributed by atoms with van der Waals surface area (Å²) < 4.78 is 1.71. The SMILES string of the molecule is CSc1ncc(C(=O)O)n1Cc1ccccc1. The molecule has 1 aromatic carbocycles.